The van der Waals surface area contributed by atoms with Gasteiger partial charge in [-0.05, 0) is 0 Å². The molecule has 0 heterocycles. The van der Waals surface area contributed by atoms with E-state index in [1.54, 1.807) is 0 Å². The molecule has 0 aliphatic carbocycles. The zero-order valence-corrected chi connectivity index (χ0v) is 4.38. The number of hydrogen-bond donors (Lipinski definition) is 0. The van der Waals surface area contributed by atoms with Gasteiger partial charge in [0.05, 0.1) is 8.41 Å². The van der Waals surface area contributed by atoms with Gasteiger partial charge in [0.25, 0.3) is 0 Å². The molecule has 0 aromatic heterocycles. The minimum atomic E-state index is 0. The molecule has 0 aromatic rings. The van der Waals surface area contributed by atoms with Gasteiger partial charge in [-0.25, -0.2) is 0 Å². The smallest absolute Gasteiger partial charge is 0 e. The van der Waals surface area contributed by atoms with Gasteiger partial charge in [0.1, 0.15) is 0 Å². The molecule has 0 fully saturated rings. The Hall–Kier alpha value is 1.64. The zero-order valence-electron chi connectivity index (χ0n) is 1.06. The van der Waals surface area contributed by atoms with Crippen LogP contribution in [0.1, 0.15) is 0 Å². The Labute approximate surface area is 59.8 Å². The van der Waals surface area contributed by atoms with E-state index in [0.29, 0.717) is 0 Å². The van der Waals surface area contributed by atoms with Gasteiger partial charge < -0.3 is 0 Å². The molecule has 0 aromatic carbocycles. The van der Waals surface area contributed by atoms with E-state index in [4.69, 9.17) is 0 Å². The largest absolute Gasteiger partial charge is 0.0814 e. The molecule has 4 heavy (non-hydrogen) atoms. The summed E-state index contributed by atoms with van der Waals surface area (Å²) in [5.74, 6) is 0. The Kier molecular flexibility index (Phi) is 259. The SMILES string of the molecule is B.[Cr].[Cu].[Fe]. The molecule has 0 nitrogen and oxygen atoms in total. The summed E-state index contributed by atoms with van der Waals surface area (Å²) in [7, 11) is 0. The molecule has 0 saturated heterocycles. The van der Waals surface area contributed by atoms with E-state index < -0.39 is 0 Å². The summed E-state index contributed by atoms with van der Waals surface area (Å²) in [5.41, 5.74) is 0. The molecule has 0 atom stereocenters. The van der Waals surface area contributed by atoms with E-state index in [1.165, 1.54) is 0 Å². The maximum atomic E-state index is 0. The summed E-state index contributed by atoms with van der Waals surface area (Å²) in [6, 6.07) is 0. The molecule has 0 aliphatic heterocycles. The van der Waals surface area contributed by atoms with Crippen LogP contribution >= 0.6 is 0 Å². The van der Waals surface area contributed by atoms with Gasteiger partial charge >= 0.3 is 0 Å². The van der Waals surface area contributed by atoms with E-state index in [2.05, 4.69) is 0 Å². The average molecular weight is 185 g/mol. The van der Waals surface area contributed by atoms with Gasteiger partial charge in [-0.2, -0.15) is 0 Å². The minimum Gasteiger partial charge on any atom is 0 e. The van der Waals surface area contributed by atoms with Gasteiger partial charge in [0, 0.05) is 51.5 Å². The van der Waals surface area contributed by atoms with E-state index in [9.17, 15) is 0 Å². The van der Waals surface area contributed by atoms with Crippen molar-refractivity contribution in [3.05, 3.63) is 0 Å². The summed E-state index contributed by atoms with van der Waals surface area (Å²) in [4.78, 5) is 0. The van der Waals surface area contributed by atoms with Crippen LogP contribution < -0.4 is 0 Å². The first-order chi connectivity index (χ1) is 0. The molecule has 31 valence electrons. The van der Waals surface area contributed by atoms with Crippen LogP contribution in [0.5, 0.6) is 0 Å². The third-order valence-electron chi connectivity index (χ3n) is 0. The zero-order chi connectivity index (χ0) is 0. The quantitative estimate of drug-likeness (QED) is 0.416. The van der Waals surface area contributed by atoms with E-state index in [1.807, 2.05) is 0 Å². The Bertz CT molecular complexity index is 8.00. The molecular weight excluding hydrogens is 182 g/mol. The van der Waals surface area contributed by atoms with Crippen molar-refractivity contribution in [2.75, 3.05) is 0 Å². The summed E-state index contributed by atoms with van der Waals surface area (Å²) in [6.07, 6.45) is 0. The monoisotopic (exact) mass is 185 g/mol. The molecule has 4 heteroatoms. The molecule has 0 amide bonds. The second-order valence-corrected chi connectivity index (χ2v) is 0. The Morgan fingerprint density at radius 1 is 1.00 bits per heavy atom. The topological polar surface area (TPSA) is 0 Å². The second kappa shape index (κ2) is 22.9. The van der Waals surface area contributed by atoms with E-state index in [-0.39, 0.29) is 59.9 Å². The third kappa shape index (κ3) is 9.44. The standard InChI is InChI=1S/BH3.Cr.Cu.Fe/h1H3;;;. The first-order valence-corrected chi connectivity index (χ1v) is 0. The second-order valence-electron chi connectivity index (χ2n) is 0. The van der Waals surface area contributed by atoms with Crippen LogP contribution in [0.4, 0.5) is 0 Å². The van der Waals surface area contributed by atoms with Crippen LogP contribution in [-0.2, 0) is 51.5 Å². The predicted octanol–water partition coefficient (Wildman–Crippen LogP) is -1.19. The Morgan fingerprint density at radius 2 is 1.00 bits per heavy atom. The first-order valence-electron chi connectivity index (χ1n) is 0. The van der Waals surface area contributed by atoms with E-state index >= 15 is 0 Å². The summed E-state index contributed by atoms with van der Waals surface area (Å²) in [5, 5.41) is 0. The van der Waals surface area contributed by atoms with Gasteiger partial charge in [-0.3, -0.25) is 0 Å². The van der Waals surface area contributed by atoms with Crippen molar-refractivity contribution in [2.24, 2.45) is 0 Å². The van der Waals surface area contributed by atoms with Gasteiger partial charge in [-0.1, -0.05) is 0 Å². The Morgan fingerprint density at radius 3 is 1.00 bits per heavy atom. The van der Waals surface area contributed by atoms with Gasteiger partial charge in [-0.15, -0.1) is 0 Å². The molecule has 0 bridgehead atoms. The van der Waals surface area contributed by atoms with Crippen LogP contribution in [0.15, 0.2) is 0 Å². The van der Waals surface area contributed by atoms with Crippen LogP contribution in [-0.4, -0.2) is 8.41 Å². The number of rotatable bonds is 0. The fraction of sp³-hybridized carbons (Fsp3) is 0. The molecule has 0 N–H and O–H groups in total. The molecule has 0 saturated carbocycles. The molecule has 0 spiro atoms. The predicted molar refractivity (Wildman–Crippen MR) is 9.94 cm³/mol. The van der Waals surface area contributed by atoms with Crippen molar-refractivity contribution in [2.45, 2.75) is 0 Å². The molecular formula is H3BCrCuFe. The van der Waals surface area contributed by atoms with Crippen LogP contribution in [0.2, 0.25) is 0 Å². The molecule has 0 rings (SSSR count). The summed E-state index contributed by atoms with van der Waals surface area (Å²) in [6.45, 7) is 0. The van der Waals surface area contributed by atoms with Crippen molar-refractivity contribution in [1.82, 2.24) is 0 Å². The first kappa shape index (κ1) is 45.2. The molecule has 0 unspecified atom stereocenters. The van der Waals surface area contributed by atoms with Gasteiger partial charge in [0.2, 0.25) is 0 Å². The fourth-order valence-corrected chi connectivity index (χ4v) is 0. The number of hydrogen-bond acceptors (Lipinski definition) is 0. The molecule has 1 radical (unpaired) electrons. The summed E-state index contributed by atoms with van der Waals surface area (Å²) >= 11 is 0. The fourth-order valence-electron chi connectivity index (χ4n) is 0. The Balaban J connectivity index is 0. The van der Waals surface area contributed by atoms with E-state index in [0.717, 1.165) is 0 Å². The van der Waals surface area contributed by atoms with Crippen LogP contribution in [0.25, 0.3) is 0 Å². The van der Waals surface area contributed by atoms with Crippen LogP contribution in [0, 0.1) is 0 Å². The van der Waals surface area contributed by atoms with Crippen molar-refractivity contribution >= 4 is 8.41 Å². The average Bonchev–Trinajstić information content (AvgIpc) is 0. The normalized spacial score (nSPS) is 0. The van der Waals surface area contributed by atoms with Crippen molar-refractivity contribution in [1.29, 1.82) is 0 Å². The molecule has 0 aliphatic rings. The maximum absolute atomic E-state index is 0. The van der Waals surface area contributed by atoms with Crippen molar-refractivity contribution < 1.29 is 51.5 Å². The minimum absolute atomic E-state index is 0. The van der Waals surface area contributed by atoms with Crippen LogP contribution in [0.3, 0.4) is 0 Å². The van der Waals surface area contributed by atoms with Crippen molar-refractivity contribution in [3.8, 4) is 0 Å². The third-order valence-corrected chi connectivity index (χ3v) is 0. The van der Waals surface area contributed by atoms with Gasteiger partial charge in [0.15, 0.2) is 0 Å². The maximum Gasteiger partial charge on any atom is 0.0814 e. The van der Waals surface area contributed by atoms with Crippen molar-refractivity contribution in [3.63, 3.8) is 0 Å². The summed E-state index contributed by atoms with van der Waals surface area (Å²) < 4.78 is 0.